The number of anilines is 1. The zero-order chi connectivity index (χ0) is 16.0. The molecule has 4 rings (SSSR count). The molecule has 0 radical (unpaired) electrons. The van der Waals surface area contributed by atoms with E-state index >= 15 is 0 Å². The SMILES string of the molecule is COc1cc(N2Cc3nnc(C4CC4)n3[C@@H](C)C2)nc(OC)n1. The highest BCUT2D eigenvalue weighted by atomic mass is 16.5. The molecular weight excluding hydrogens is 296 g/mol. The van der Waals surface area contributed by atoms with Crippen LogP contribution in [0, 0.1) is 0 Å². The molecule has 0 unspecified atom stereocenters. The molecule has 3 heterocycles. The zero-order valence-electron chi connectivity index (χ0n) is 13.6. The second-order valence-corrected chi connectivity index (χ2v) is 6.10. The third kappa shape index (κ3) is 2.47. The topological polar surface area (TPSA) is 78.2 Å². The molecule has 1 atom stereocenters. The summed E-state index contributed by atoms with van der Waals surface area (Å²) in [5.74, 6) is 4.00. The van der Waals surface area contributed by atoms with Crippen LogP contribution in [0.1, 0.15) is 43.4 Å². The normalized spacial score (nSPS) is 20.3. The van der Waals surface area contributed by atoms with Gasteiger partial charge < -0.3 is 18.9 Å². The summed E-state index contributed by atoms with van der Waals surface area (Å²) in [5, 5.41) is 8.80. The summed E-state index contributed by atoms with van der Waals surface area (Å²) in [6.07, 6.45) is 2.46. The van der Waals surface area contributed by atoms with E-state index in [0.29, 0.717) is 30.4 Å². The number of aromatic nitrogens is 5. The summed E-state index contributed by atoms with van der Waals surface area (Å²) in [5.41, 5.74) is 0. The maximum Gasteiger partial charge on any atom is 0.321 e. The van der Waals surface area contributed by atoms with E-state index in [4.69, 9.17) is 9.47 Å². The molecule has 8 nitrogen and oxygen atoms in total. The van der Waals surface area contributed by atoms with E-state index in [1.54, 1.807) is 14.2 Å². The van der Waals surface area contributed by atoms with Crippen molar-refractivity contribution in [1.29, 1.82) is 0 Å². The van der Waals surface area contributed by atoms with Gasteiger partial charge in [0.15, 0.2) is 5.82 Å². The van der Waals surface area contributed by atoms with Crippen molar-refractivity contribution in [3.8, 4) is 11.9 Å². The molecular formula is C15H20N6O2. The van der Waals surface area contributed by atoms with Gasteiger partial charge in [0.25, 0.3) is 0 Å². The first-order valence-corrected chi connectivity index (χ1v) is 7.85. The second-order valence-electron chi connectivity index (χ2n) is 6.10. The van der Waals surface area contributed by atoms with Crippen LogP contribution in [0.3, 0.4) is 0 Å². The highest BCUT2D eigenvalue weighted by Crippen LogP contribution is 2.41. The minimum Gasteiger partial charge on any atom is -0.481 e. The maximum atomic E-state index is 5.24. The van der Waals surface area contributed by atoms with Gasteiger partial charge in [0, 0.05) is 18.5 Å². The Morgan fingerprint density at radius 3 is 2.65 bits per heavy atom. The average Bonchev–Trinajstić information content (AvgIpc) is 3.33. The average molecular weight is 316 g/mol. The smallest absolute Gasteiger partial charge is 0.321 e. The van der Waals surface area contributed by atoms with Gasteiger partial charge in [-0.1, -0.05) is 0 Å². The first-order valence-electron chi connectivity index (χ1n) is 7.85. The summed E-state index contributed by atoms with van der Waals surface area (Å²) in [6, 6.07) is 2.43. The Hall–Kier alpha value is -2.38. The minimum absolute atomic E-state index is 0.302. The van der Waals surface area contributed by atoms with Gasteiger partial charge in [-0.2, -0.15) is 9.97 Å². The number of hydrogen-bond acceptors (Lipinski definition) is 7. The van der Waals surface area contributed by atoms with Gasteiger partial charge in [-0.25, -0.2) is 0 Å². The molecule has 2 aliphatic rings. The lowest BCUT2D eigenvalue weighted by atomic mass is 10.2. The van der Waals surface area contributed by atoms with Crippen LogP contribution in [-0.4, -0.2) is 45.5 Å². The second kappa shape index (κ2) is 5.36. The Balaban J connectivity index is 1.66. The van der Waals surface area contributed by atoms with Crippen molar-refractivity contribution >= 4 is 5.82 Å². The van der Waals surface area contributed by atoms with Gasteiger partial charge in [0.1, 0.15) is 11.6 Å². The van der Waals surface area contributed by atoms with E-state index in [9.17, 15) is 0 Å². The number of methoxy groups -OCH3 is 2. The van der Waals surface area contributed by atoms with Crippen LogP contribution in [0.25, 0.3) is 0 Å². The van der Waals surface area contributed by atoms with Crippen LogP contribution in [0.4, 0.5) is 5.82 Å². The molecule has 0 bridgehead atoms. The molecule has 122 valence electrons. The van der Waals surface area contributed by atoms with E-state index in [-0.39, 0.29) is 0 Å². The van der Waals surface area contributed by atoms with E-state index in [0.717, 1.165) is 24.0 Å². The van der Waals surface area contributed by atoms with E-state index in [1.165, 1.54) is 12.8 Å². The molecule has 23 heavy (non-hydrogen) atoms. The lowest BCUT2D eigenvalue weighted by molar-refractivity contribution is 0.350. The molecule has 1 saturated carbocycles. The lowest BCUT2D eigenvalue weighted by Crippen LogP contribution is -2.37. The molecule has 1 aliphatic carbocycles. The summed E-state index contributed by atoms with van der Waals surface area (Å²) in [7, 11) is 3.14. The van der Waals surface area contributed by atoms with E-state index < -0.39 is 0 Å². The van der Waals surface area contributed by atoms with Crippen molar-refractivity contribution in [1.82, 2.24) is 24.7 Å². The fourth-order valence-corrected chi connectivity index (χ4v) is 3.11. The third-order valence-electron chi connectivity index (χ3n) is 4.38. The molecule has 0 amide bonds. The molecule has 0 aromatic carbocycles. The van der Waals surface area contributed by atoms with E-state index in [2.05, 4.69) is 36.6 Å². The van der Waals surface area contributed by atoms with Crippen molar-refractivity contribution < 1.29 is 9.47 Å². The van der Waals surface area contributed by atoms with Gasteiger partial charge in [-0.15, -0.1) is 10.2 Å². The van der Waals surface area contributed by atoms with E-state index in [1.807, 2.05) is 6.07 Å². The summed E-state index contributed by atoms with van der Waals surface area (Å²) in [6.45, 7) is 3.71. The van der Waals surface area contributed by atoms with Crippen molar-refractivity contribution in [3.63, 3.8) is 0 Å². The Morgan fingerprint density at radius 2 is 1.96 bits per heavy atom. The minimum atomic E-state index is 0.302. The van der Waals surface area contributed by atoms with Gasteiger partial charge in [-0.05, 0) is 19.8 Å². The van der Waals surface area contributed by atoms with Crippen molar-refractivity contribution in [2.24, 2.45) is 0 Å². The molecule has 0 saturated heterocycles. The van der Waals surface area contributed by atoms with Gasteiger partial charge in [0.05, 0.1) is 26.8 Å². The maximum absolute atomic E-state index is 5.24. The Labute approximate surface area is 134 Å². The van der Waals surface area contributed by atoms with Gasteiger partial charge >= 0.3 is 6.01 Å². The number of fused-ring (bicyclic) bond motifs is 1. The quantitative estimate of drug-likeness (QED) is 0.846. The molecule has 8 heteroatoms. The highest BCUT2D eigenvalue weighted by molar-refractivity contribution is 5.44. The molecule has 1 fully saturated rings. The molecule has 2 aromatic rings. The number of rotatable bonds is 4. The predicted molar refractivity (Wildman–Crippen MR) is 82.9 cm³/mol. The van der Waals surface area contributed by atoms with Crippen LogP contribution in [0.5, 0.6) is 11.9 Å². The predicted octanol–water partition coefficient (Wildman–Crippen LogP) is 1.54. The van der Waals surface area contributed by atoms with Crippen LogP contribution in [0.15, 0.2) is 6.07 Å². The zero-order valence-corrected chi connectivity index (χ0v) is 13.6. The van der Waals surface area contributed by atoms with Crippen molar-refractivity contribution in [2.75, 3.05) is 25.7 Å². The summed E-state index contributed by atoms with van der Waals surface area (Å²) < 4.78 is 12.7. The van der Waals surface area contributed by atoms with Gasteiger partial charge in [-0.3, -0.25) is 0 Å². The fraction of sp³-hybridized carbons (Fsp3) is 0.600. The number of ether oxygens (including phenoxy) is 2. The van der Waals surface area contributed by atoms with Gasteiger partial charge in [0.2, 0.25) is 5.88 Å². The Kier molecular flexibility index (Phi) is 3.32. The molecule has 0 N–H and O–H groups in total. The molecule has 1 aliphatic heterocycles. The summed E-state index contributed by atoms with van der Waals surface area (Å²) >= 11 is 0. The van der Waals surface area contributed by atoms with Crippen molar-refractivity contribution in [3.05, 3.63) is 17.7 Å². The number of hydrogen-bond donors (Lipinski definition) is 0. The van der Waals surface area contributed by atoms with Crippen molar-refractivity contribution in [2.45, 2.75) is 38.3 Å². The first-order chi connectivity index (χ1) is 11.2. The number of nitrogens with zero attached hydrogens (tertiary/aromatic N) is 6. The van der Waals surface area contributed by atoms with Crippen LogP contribution >= 0.6 is 0 Å². The highest BCUT2D eigenvalue weighted by Gasteiger charge is 2.35. The van der Waals surface area contributed by atoms with Crippen LogP contribution in [0.2, 0.25) is 0 Å². The largest absolute Gasteiger partial charge is 0.481 e. The lowest BCUT2D eigenvalue weighted by Gasteiger charge is -2.33. The summed E-state index contributed by atoms with van der Waals surface area (Å²) in [4.78, 5) is 10.8. The molecule has 0 spiro atoms. The first kappa shape index (κ1) is 14.2. The monoisotopic (exact) mass is 316 g/mol. The Bertz CT molecular complexity index is 705. The molecule has 2 aromatic heterocycles. The van der Waals surface area contributed by atoms with Crippen LogP contribution < -0.4 is 14.4 Å². The third-order valence-corrected chi connectivity index (χ3v) is 4.38. The Morgan fingerprint density at radius 1 is 1.13 bits per heavy atom. The standard InChI is InChI=1S/C15H20N6O2/c1-9-7-20(11-6-13(22-2)17-15(16-11)23-3)8-12-18-19-14(21(9)12)10-4-5-10/h6,9-10H,4-5,7-8H2,1-3H3/t9-/m0/s1. The van der Waals surface area contributed by atoms with Crippen LogP contribution in [-0.2, 0) is 6.54 Å². The fourth-order valence-electron chi connectivity index (χ4n) is 3.11.